The molecule has 6 heteroatoms. The highest BCUT2D eigenvalue weighted by molar-refractivity contribution is 6.06. The van der Waals surface area contributed by atoms with Gasteiger partial charge in [-0.3, -0.25) is 9.59 Å². The van der Waals surface area contributed by atoms with Gasteiger partial charge < -0.3 is 15.4 Å². The average molecular weight is 394 g/mol. The standard InChI is InChI=1S/C23H26N2O4/c1-29-23(28)18-10-7-13-20(15-18)25-22(27)17-9-6-8-16(14-17)21(26)24-19-11-4-2-3-5-12-19/h6-10,13-15,19H,2-5,11-12H2,1H3,(H,24,26)(H,25,27). The number of anilines is 1. The Morgan fingerprint density at radius 1 is 0.828 bits per heavy atom. The summed E-state index contributed by atoms with van der Waals surface area (Å²) in [4.78, 5) is 36.9. The molecule has 0 bridgehead atoms. The Kier molecular flexibility index (Phi) is 7.00. The molecule has 2 aromatic rings. The van der Waals surface area contributed by atoms with E-state index < -0.39 is 5.97 Å². The van der Waals surface area contributed by atoms with Gasteiger partial charge in [0.15, 0.2) is 0 Å². The van der Waals surface area contributed by atoms with Crippen LogP contribution in [0.1, 0.15) is 69.6 Å². The van der Waals surface area contributed by atoms with E-state index in [9.17, 15) is 14.4 Å². The van der Waals surface area contributed by atoms with Crippen molar-refractivity contribution in [3.63, 3.8) is 0 Å². The Hall–Kier alpha value is -3.15. The van der Waals surface area contributed by atoms with Crippen LogP contribution < -0.4 is 10.6 Å². The summed E-state index contributed by atoms with van der Waals surface area (Å²) in [6, 6.07) is 13.4. The number of benzene rings is 2. The molecule has 0 atom stereocenters. The Bertz CT molecular complexity index is 886. The Morgan fingerprint density at radius 2 is 1.45 bits per heavy atom. The summed E-state index contributed by atoms with van der Waals surface area (Å²) >= 11 is 0. The zero-order valence-electron chi connectivity index (χ0n) is 16.6. The van der Waals surface area contributed by atoms with Crippen LogP contribution in [-0.4, -0.2) is 30.9 Å². The molecule has 3 rings (SSSR count). The predicted molar refractivity (Wildman–Crippen MR) is 111 cm³/mol. The number of hydrogen-bond donors (Lipinski definition) is 2. The van der Waals surface area contributed by atoms with E-state index in [4.69, 9.17) is 4.74 Å². The molecule has 6 nitrogen and oxygen atoms in total. The topological polar surface area (TPSA) is 84.5 Å². The summed E-state index contributed by atoms with van der Waals surface area (Å²) < 4.78 is 4.70. The minimum Gasteiger partial charge on any atom is -0.465 e. The molecule has 29 heavy (non-hydrogen) atoms. The van der Waals surface area contributed by atoms with Crippen LogP contribution >= 0.6 is 0 Å². The van der Waals surface area contributed by atoms with Crippen LogP contribution in [0.3, 0.4) is 0 Å². The highest BCUT2D eigenvalue weighted by Gasteiger charge is 2.17. The van der Waals surface area contributed by atoms with Gasteiger partial charge in [-0.2, -0.15) is 0 Å². The Labute approximate surface area is 170 Å². The highest BCUT2D eigenvalue weighted by atomic mass is 16.5. The van der Waals surface area contributed by atoms with E-state index in [0.717, 1.165) is 25.7 Å². The van der Waals surface area contributed by atoms with Crippen LogP contribution in [0.25, 0.3) is 0 Å². The summed E-state index contributed by atoms with van der Waals surface area (Å²) in [5.74, 6) is -0.978. The van der Waals surface area contributed by atoms with Crippen molar-refractivity contribution in [1.82, 2.24) is 5.32 Å². The van der Waals surface area contributed by atoms with Gasteiger partial charge in [-0.1, -0.05) is 37.8 Å². The van der Waals surface area contributed by atoms with Crippen molar-refractivity contribution in [3.8, 4) is 0 Å². The summed E-state index contributed by atoms with van der Waals surface area (Å²) in [6.45, 7) is 0. The second kappa shape index (κ2) is 9.87. The molecule has 0 heterocycles. The minimum absolute atomic E-state index is 0.153. The number of carbonyl (C=O) groups is 3. The molecule has 0 spiro atoms. The normalized spacial score (nSPS) is 14.5. The number of carbonyl (C=O) groups excluding carboxylic acids is 3. The molecule has 0 radical (unpaired) electrons. The maximum Gasteiger partial charge on any atom is 0.337 e. The fourth-order valence-electron chi connectivity index (χ4n) is 3.54. The van der Waals surface area contributed by atoms with Crippen molar-refractivity contribution in [2.45, 2.75) is 44.6 Å². The molecule has 2 aromatic carbocycles. The van der Waals surface area contributed by atoms with Gasteiger partial charge in [0.05, 0.1) is 12.7 Å². The summed E-state index contributed by atoms with van der Waals surface area (Å²) in [7, 11) is 1.30. The first kappa shape index (κ1) is 20.6. The summed E-state index contributed by atoms with van der Waals surface area (Å²) in [5, 5.41) is 5.85. The Morgan fingerprint density at radius 3 is 2.14 bits per heavy atom. The quantitative estimate of drug-likeness (QED) is 0.589. The number of nitrogens with one attached hydrogen (secondary N) is 2. The number of ether oxygens (including phenoxy) is 1. The van der Waals surface area contributed by atoms with Gasteiger partial charge in [-0.25, -0.2) is 4.79 Å². The van der Waals surface area contributed by atoms with E-state index in [2.05, 4.69) is 10.6 Å². The van der Waals surface area contributed by atoms with Crippen LogP contribution in [0.5, 0.6) is 0 Å². The molecular formula is C23H26N2O4. The average Bonchev–Trinajstić information content (AvgIpc) is 3.02. The van der Waals surface area contributed by atoms with Crippen LogP contribution in [0.2, 0.25) is 0 Å². The minimum atomic E-state index is -0.474. The molecule has 0 unspecified atom stereocenters. The van der Waals surface area contributed by atoms with E-state index in [1.807, 2.05) is 0 Å². The molecule has 1 aliphatic carbocycles. The fourth-order valence-corrected chi connectivity index (χ4v) is 3.54. The SMILES string of the molecule is COC(=O)c1cccc(NC(=O)c2cccc(C(=O)NC3CCCCCC3)c2)c1. The lowest BCUT2D eigenvalue weighted by molar-refractivity contribution is 0.0600. The summed E-state index contributed by atoms with van der Waals surface area (Å²) in [6.07, 6.45) is 6.72. The molecule has 2 amide bonds. The second-order valence-electron chi connectivity index (χ2n) is 7.27. The number of hydrogen-bond acceptors (Lipinski definition) is 4. The van der Waals surface area contributed by atoms with Gasteiger partial charge in [0, 0.05) is 22.9 Å². The van der Waals surface area contributed by atoms with Crippen molar-refractivity contribution < 1.29 is 19.1 Å². The molecule has 0 aliphatic heterocycles. The maximum atomic E-state index is 12.6. The molecule has 1 fully saturated rings. The monoisotopic (exact) mass is 394 g/mol. The lowest BCUT2D eigenvalue weighted by Crippen LogP contribution is -2.34. The first-order valence-corrected chi connectivity index (χ1v) is 9.97. The maximum absolute atomic E-state index is 12.6. The number of rotatable bonds is 5. The molecule has 1 aliphatic rings. The van der Waals surface area contributed by atoms with Gasteiger partial charge in [0.1, 0.15) is 0 Å². The lowest BCUT2D eigenvalue weighted by atomic mass is 10.1. The Balaban J connectivity index is 1.67. The molecule has 1 saturated carbocycles. The van der Waals surface area contributed by atoms with Gasteiger partial charge in [0.25, 0.3) is 11.8 Å². The third-order valence-electron chi connectivity index (χ3n) is 5.12. The van der Waals surface area contributed by atoms with Crippen molar-refractivity contribution >= 4 is 23.5 Å². The van der Waals surface area contributed by atoms with Crippen LogP contribution in [0, 0.1) is 0 Å². The second-order valence-corrected chi connectivity index (χ2v) is 7.27. The van der Waals surface area contributed by atoms with E-state index in [-0.39, 0.29) is 17.9 Å². The third kappa shape index (κ3) is 5.67. The first-order valence-electron chi connectivity index (χ1n) is 9.97. The fraction of sp³-hybridized carbons (Fsp3) is 0.348. The van der Waals surface area contributed by atoms with Gasteiger partial charge in [0.2, 0.25) is 0 Å². The molecule has 0 saturated heterocycles. The van der Waals surface area contributed by atoms with Crippen LogP contribution in [0.4, 0.5) is 5.69 Å². The largest absolute Gasteiger partial charge is 0.465 e. The van der Waals surface area contributed by atoms with Gasteiger partial charge in [-0.05, 0) is 49.2 Å². The number of methoxy groups -OCH3 is 1. The van der Waals surface area contributed by atoms with E-state index in [0.29, 0.717) is 22.4 Å². The van der Waals surface area contributed by atoms with E-state index >= 15 is 0 Å². The van der Waals surface area contributed by atoms with E-state index in [1.165, 1.54) is 20.0 Å². The van der Waals surface area contributed by atoms with Gasteiger partial charge in [-0.15, -0.1) is 0 Å². The third-order valence-corrected chi connectivity index (χ3v) is 5.12. The van der Waals surface area contributed by atoms with Crippen molar-refractivity contribution in [2.75, 3.05) is 12.4 Å². The smallest absolute Gasteiger partial charge is 0.337 e. The molecule has 0 aromatic heterocycles. The predicted octanol–water partition coefficient (Wildman–Crippen LogP) is 4.18. The first-order chi connectivity index (χ1) is 14.1. The van der Waals surface area contributed by atoms with Gasteiger partial charge >= 0.3 is 5.97 Å². The number of amides is 2. The summed E-state index contributed by atoms with van der Waals surface area (Å²) in [5.41, 5.74) is 1.67. The van der Waals surface area contributed by atoms with Crippen molar-refractivity contribution in [1.29, 1.82) is 0 Å². The van der Waals surface area contributed by atoms with E-state index in [1.54, 1.807) is 48.5 Å². The lowest BCUT2D eigenvalue weighted by Gasteiger charge is -2.16. The molecule has 152 valence electrons. The zero-order chi connectivity index (χ0) is 20.6. The van der Waals surface area contributed by atoms with Crippen LogP contribution in [-0.2, 0) is 4.74 Å². The highest BCUT2D eigenvalue weighted by Crippen LogP contribution is 2.18. The number of esters is 1. The van der Waals surface area contributed by atoms with Crippen molar-refractivity contribution in [3.05, 3.63) is 65.2 Å². The van der Waals surface area contributed by atoms with Crippen molar-refractivity contribution in [2.24, 2.45) is 0 Å². The zero-order valence-corrected chi connectivity index (χ0v) is 16.6. The molecule has 2 N–H and O–H groups in total. The van der Waals surface area contributed by atoms with Crippen LogP contribution in [0.15, 0.2) is 48.5 Å². The molecular weight excluding hydrogens is 368 g/mol.